The first-order valence-corrected chi connectivity index (χ1v) is 5.63. The zero-order valence-electron chi connectivity index (χ0n) is 9.45. The van der Waals surface area contributed by atoms with Gasteiger partial charge >= 0.3 is 5.97 Å². The zero-order valence-corrected chi connectivity index (χ0v) is 9.45. The summed E-state index contributed by atoms with van der Waals surface area (Å²) in [6, 6.07) is 0. The van der Waals surface area contributed by atoms with Gasteiger partial charge in [-0.25, -0.2) is 4.98 Å². The van der Waals surface area contributed by atoms with Gasteiger partial charge in [-0.2, -0.15) is 0 Å². The lowest BCUT2D eigenvalue weighted by Crippen LogP contribution is -2.28. The van der Waals surface area contributed by atoms with Gasteiger partial charge in [-0.3, -0.25) is 9.59 Å². The maximum atomic E-state index is 11.5. The standard InChI is InChI=1S/C11H15N3O3/c15-10-6-9(11(16)17)7-14(10)4-1-3-13-5-2-12-8-13/h2,5,8-9H,1,3-4,6-7H2,(H,16,17)/t9-/m1/s1. The number of rotatable bonds is 5. The molecule has 0 aromatic carbocycles. The van der Waals surface area contributed by atoms with Gasteiger partial charge in [0.05, 0.1) is 12.2 Å². The summed E-state index contributed by atoms with van der Waals surface area (Å²) in [6.45, 7) is 1.75. The van der Waals surface area contributed by atoms with Crippen LogP contribution in [0.5, 0.6) is 0 Å². The predicted molar refractivity (Wildman–Crippen MR) is 59.2 cm³/mol. The number of aliphatic carboxylic acids is 1. The summed E-state index contributed by atoms with van der Waals surface area (Å²) in [5.41, 5.74) is 0. The molecular weight excluding hydrogens is 222 g/mol. The molecule has 1 aliphatic rings. The highest BCUT2D eigenvalue weighted by molar-refractivity contribution is 5.86. The molecule has 0 radical (unpaired) electrons. The largest absolute Gasteiger partial charge is 0.481 e. The summed E-state index contributed by atoms with van der Waals surface area (Å²) in [5, 5.41) is 8.83. The Kier molecular flexibility index (Phi) is 3.41. The minimum absolute atomic E-state index is 0.0527. The Morgan fingerprint density at radius 2 is 2.35 bits per heavy atom. The molecule has 6 nitrogen and oxygen atoms in total. The van der Waals surface area contributed by atoms with E-state index in [1.807, 2.05) is 10.8 Å². The van der Waals surface area contributed by atoms with Crippen LogP contribution in [0.4, 0.5) is 0 Å². The number of carboxylic acid groups (broad SMARTS) is 1. The van der Waals surface area contributed by atoms with Gasteiger partial charge < -0.3 is 14.6 Å². The lowest BCUT2D eigenvalue weighted by atomic mass is 10.1. The van der Waals surface area contributed by atoms with Gasteiger partial charge in [-0.05, 0) is 6.42 Å². The summed E-state index contributed by atoms with van der Waals surface area (Å²) in [4.78, 5) is 27.8. The van der Waals surface area contributed by atoms with Crippen molar-refractivity contribution in [3.63, 3.8) is 0 Å². The van der Waals surface area contributed by atoms with E-state index < -0.39 is 11.9 Å². The van der Waals surface area contributed by atoms with E-state index in [0.717, 1.165) is 13.0 Å². The van der Waals surface area contributed by atoms with Gasteiger partial charge in [0.1, 0.15) is 0 Å². The third-order valence-corrected chi connectivity index (χ3v) is 2.97. The number of carbonyl (C=O) groups is 2. The highest BCUT2D eigenvalue weighted by Crippen LogP contribution is 2.18. The van der Waals surface area contributed by atoms with E-state index in [4.69, 9.17) is 5.11 Å². The highest BCUT2D eigenvalue weighted by Gasteiger charge is 2.33. The molecule has 92 valence electrons. The van der Waals surface area contributed by atoms with Crippen molar-refractivity contribution in [3.8, 4) is 0 Å². The van der Waals surface area contributed by atoms with Crippen LogP contribution in [0, 0.1) is 5.92 Å². The van der Waals surface area contributed by atoms with E-state index in [1.165, 1.54) is 0 Å². The minimum Gasteiger partial charge on any atom is -0.481 e. The monoisotopic (exact) mass is 237 g/mol. The molecule has 1 aromatic rings. The molecule has 2 heterocycles. The van der Waals surface area contributed by atoms with E-state index >= 15 is 0 Å². The number of aromatic nitrogens is 2. The van der Waals surface area contributed by atoms with Gasteiger partial charge in [-0.1, -0.05) is 0 Å². The Bertz CT molecular complexity index is 402. The second-order valence-electron chi connectivity index (χ2n) is 4.23. The van der Waals surface area contributed by atoms with Crippen molar-refractivity contribution in [3.05, 3.63) is 18.7 Å². The number of amides is 1. The molecule has 1 aromatic heterocycles. The first-order chi connectivity index (χ1) is 8.16. The molecule has 0 bridgehead atoms. The second kappa shape index (κ2) is 4.99. The number of hydrogen-bond acceptors (Lipinski definition) is 3. The molecule has 1 saturated heterocycles. The Morgan fingerprint density at radius 1 is 1.53 bits per heavy atom. The van der Waals surface area contributed by atoms with Gasteiger partial charge in [0.2, 0.25) is 5.91 Å². The average molecular weight is 237 g/mol. The maximum absolute atomic E-state index is 11.5. The van der Waals surface area contributed by atoms with Crippen molar-refractivity contribution < 1.29 is 14.7 Å². The first-order valence-electron chi connectivity index (χ1n) is 5.63. The van der Waals surface area contributed by atoms with Crippen LogP contribution in [0.2, 0.25) is 0 Å². The number of aryl methyl sites for hydroxylation is 1. The molecule has 1 fully saturated rings. The van der Waals surface area contributed by atoms with Gasteiger partial charge in [0.15, 0.2) is 0 Å². The van der Waals surface area contributed by atoms with E-state index in [9.17, 15) is 9.59 Å². The molecule has 1 amide bonds. The minimum atomic E-state index is -0.879. The van der Waals surface area contributed by atoms with Crippen LogP contribution >= 0.6 is 0 Å². The molecule has 6 heteroatoms. The third kappa shape index (κ3) is 2.83. The number of hydrogen-bond donors (Lipinski definition) is 1. The predicted octanol–water partition coefficient (Wildman–Crippen LogP) is 0.206. The maximum Gasteiger partial charge on any atom is 0.308 e. The summed E-state index contributed by atoms with van der Waals surface area (Å²) < 4.78 is 1.94. The molecule has 0 spiro atoms. The smallest absolute Gasteiger partial charge is 0.308 e. The molecule has 1 N–H and O–H groups in total. The number of carbonyl (C=O) groups excluding carboxylic acids is 1. The molecule has 1 atom stereocenters. The molecule has 0 aliphatic carbocycles. The van der Waals surface area contributed by atoms with Gasteiger partial charge in [0, 0.05) is 38.4 Å². The number of imidazole rings is 1. The average Bonchev–Trinajstić information content (AvgIpc) is 2.89. The van der Waals surface area contributed by atoms with Crippen LogP contribution < -0.4 is 0 Å². The van der Waals surface area contributed by atoms with E-state index in [2.05, 4.69) is 4.98 Å². The van der Waals surface area contributed by atoms with E-state index in [0.29, 0.717) is 13.1 Å². The topological polar surface area (TPSA) is 75.4 Å². The van der Waals surface area contributed by atoms with Crippen LogP contribution in [0.3, 0.4) is 0 Å². The molecule has 0 unspecified atom stereocenters. The molecular formula is C11H15N3O3. The fraction of sp³-hybridized carbons (Fsp3) is 0.545. The van der Waals surface area contributed by atoms with Crippen LogP contribution in [-0.4, -0.2) is 44.5 Å². The summed E-state index contributed by atoms with van der Waals surface area (Å²) in [7, 11) is 0. The van der Waals surface area contributed by atoms with Crippen LogP contribution in [0.1, 0.15) is 12.8 Å². The Balaban J connectivity index is 1.76. The fourth-order valence-corrected chi connectivity index (χ4v) is 2.02. The molecule has 17 heavy (non-hydrogen) atoms. The lowest BCUT2D eigenvalue weighted by Gasteiger charge is -2.15. The SMILES string of the molecule is O=C(O)[C@@H]1CC(=O)N(CCCn2ccnc2)C1. The second-order valence-corrected chi connectivity index (χ2v) is 4.23. The van der Waals surface area contributed by atoms with Gasteiger partial charge in [0.25, 0.3) is 0 Å². The van der Waals surface area contributed by atoms with Crippen molar-refractivity contribution >= 4 is 11.9 Å². The Labute approximate surface area is 98.9 Å². The van der Waals surface area contributed by atoms with Crippen molar-refractivity contribution in [1.29, 1.82) is 0 Å². The number of carboxylic acids is 1. The zero-order chi connectivity index (χ0) is 12.3. The highest BCUT2D eigenvalue weighted by atomic mass is 16.4. The summed E-state index contributed by atoms with van der Waals surface area (Å²) in [5.74, 6) is -1.46. The first kappa shape index (κ1) is 11.6. The fourth-order valence-electron chi connectivity index (χ4n) is 2.02. The van der Waals surface area contributed by atoms with Crippen molar-refractivity contribution in [2.75, 3.05) is 13.1 Å². The van der Waals surface area contributed by atoms with Crippen molar-refractivity contribution in [2.45, 2.75) is 19.4 Å². The quantitative estimate of drug-likeness (QED) is 0.794. The summed E-state index contributed by atoms with van der Waals surface area (Å²) >= 11 is 0. The Morgan fingerprint density at radius 3 is 2.94 bits per heavy atom. The molecule has 0 saturated carbocycles. The van der Waals surface area contributed by atoms with E-state index in [1.54, 1.807) is 17.4 Å². The van der Waals surface area contributed by atoms with Crippen LogP contribution in [0.15, 0.2) is 18.7 Å². The Hall–Kier alpha value is -1.85. The molecule has 1 aliphatic heterocycles. The summed E-state index contributed by atoms with van der Waals surface area (Å²) in [6.07, 6.45) is 6.26. The van der Waals surface area contributed by atoms with Crippen molar-refractivity contribution in [1.82, 2.24) is 14.5 Å². The van der Waals surface area contributed by atoms with Crippen LogP contribution in [-0.2, 0) is 16.1 Å². The molecule has 2 rings (SSSR count). The van der Waals surface area contributed by atoms with Gasteiger partial charge in [-0.15, -0.1) is 0 Å². The van der Waals surface area contributed by atoms with Crippen molar-refractivity contribution in [2.24, 2.45) is 5.92 Å². The lowest BCUT2D eigenvalue weighted by molar-refractivity contribution is -0.141. The van der Waals surface area contributed by atoms with Crippen LogP contribution in [0.25, 0.3) is 0 Å². The third-order valence-electron chi connectivity index (χ3n) is 2.97. The number of nitrogens with zero attached hydrogens (tertiary/aromatic N) is 3. The number of likely N-dealkylation sites (tertiary alicyclic amines) is 1. The van der Waals surface area contributed by atoms with E-state index in [-0.39, 0.29) is 12.3 Å². The normalized spacial score (nSPS) is 19.9.